The first-order valence-electron chi connectivity index (χ1n) is 2.64. The van der Waals surface area contributed by atoms with Crippen LogP contribution in [0.1, 0.15) is 14.8 Å². The standard InChI is InChI=1S/C5H10O3S.Na.H/c1-3-5-8-9(6,7)4-2;;/h4H,2-3,5H2,1H3;;/q;+1;-1. The molecule has 0 bridgehead atoms. The van der Waals surface area contributed by atoms with E-state index in [1.807, 2.05) is 6.92 Å². The van der Waals surface area contributed by atoms with E-state index in [0.29, 0.717) is 6.42 Å². The Balaban J connectivity index is -0.000000320. The Labute approximate surface area is 85.4 Å². The smallest absolute Gasteiger partial charge is 1.00 e. The number of rotatable bonds is 4. The van der Waals surface area contributed by atoms with Crippen molar-refractivity contribution in [3.8, 4) is 0 Å². The summed E-state index contributed by atoms with van der Waals surface area (Å²) >= 11 is 0. The van der Waals surface area contributed by atoms with Gasteiger partial charge in [-0.15, -0.1) is 0 Å². The Kier molecular flexibility index (Phi) is 8.44. The molecule has 0 atom stereocenters. The van der Waals surface area contributed by atoms with Gasteiger partial charge in [-0.3, -0.25) is 4.18 Å². The van der Waals surface area contributed by atoms with Crippen LogP contribution in [0.4, 0.5) is 0 Å². The molecule has 0 rings (SSSR count). The molecule has 0 saturated heterocycles. The molecule has 0 radical (unpaired) electrons. The van der Waals surface area contributed by atoms with Crippen LogP contribution < -0.4 is 29.6 Å². The third-order valence-electron chi connectivity index (χ3n) is 0.656. The van der Waals surface area contributed by atoms with E-state index in [1.165, 1.54) is 0 Å². The zero-order chi connectivity index (χ0) is 7.33. The van der Waals surface area contributed by atoms with E-state index in [2.05, 4.69) is 10.8 Å². The van der Waals surface area contributed by atoms with Crippen LogP contribution in [0.5, 0.6) is 0 Å². The maximum absolute atomic E-state index is 10.4. The third-order valence-corrected chi connectivity index (χ3v) is 1.56. The van der Waals surface area contributed by atoms with Crippen molar-refractivity contribution in [3.63, 3.8) is 0 Å². The van der Waals surface area contributed by atoms with Gasteiger partial charge in [-0.25, -0.2) is 0 Å². The Bertz CT molecular complexity index is 178. The summed E-state index contributed by atoms with van der Waals surface area (Å²) in [6.07, 6.45) is 0.688. The van der Waals surface area contributed by atoms with Crippen LogP contribution in [-0.4, -0.2) is 15.0 Å². The first-order valence-corrected chi connectivity index (χ1v) is 4.11. The second kappa shape index (κ2) is 6.37. The van der Waals surface area contributed by atoms with E-state index < -0.39 is 10.1 Å². The topological polar surface area (TPSA) is 43.4 Å². The Hall–Kier alpha value is 0.650. The molecule has 0 aromatic carbocycles. The minimum Gasteiger partial charge on any atom is -1.00 e. The summed E-state index contributed by atoms with van der Waals surface area (Å²) in [5.41, 5.74) is 0. The predicted octanol–water partition coefficient (Wildman–Crippen LogP) is -2.00. The van der Waals surface area contributed by atoms with Crippen molar-refractivity contribution in [2.24, 2.45) is 0 Å². The molecule has 0 aromatic rings. The maximum Gasteiger partial charge on any atom is 1.00 e. The van der Waals surface area contributed by atoms with Gasteiger partial charge in [0.25, 0.3) is 10.1 Å². The van der Waals surface area contributed by atoms with Gasteiger partial charge in [0.05, 0.1) is 12.0 Å². The van der Waals surface area contributed by atoms with Gasteiger partial charge in [-0.2, -0.15) is 8.42 Å². The summed E-state index contributed by atoms with van der Waals surface area (Å²) in [6.45, 7) is 5.13. The Morgan fingerprint density at radius 3 is 2.50 bits per heavy atom. The summed E-state index contributed by atoms with van der Waals surface area (Å²) in [5.74, 6) is 0. The monoisotopic (exact) mass is 174 g/mol. The first-order chi connectivity index (χ1) is 4.12. The van der Waals surface area contributed by atoms with E-state index in [-0.39, 0.29) is 37.6 Å². The average Bonchev–Trinajstić information content (AvgIpc) is 1.84. The quantitative estimate of drug-likeness (QED) is 0.366. The largest absolute Gasteiger partial charge is 1.00 e. The zero-order valence-electron chi connectivity index (χ0n) is 7.33. The van der Waals surface area contributed by atoms with E-state index >= 15 is 0 Å². The predicted molar refractivity (Wildman–Crippen MR) is 36.5 cm³/mol. The van der Waals surface area contributed by atoms with Crippen molar-refractivity contribution in [2.45, 2.75) is 13.3 Å². The minimum absolute atomic E-state index is 0. The van der Waals surface area contributed by atoms with Crippen LogP contribution in [0, 0.1) is 0 Å². The molecule has 56 valence electrons. The van der Waals surface area contributed by atoms with Crippen molar-refractivity contribution in [1.29, 1.82) is 0 Å². The Morgan fingerprint density at radius 1 is 1.70 bits per heavy atom. The van der Waals surface area contributed by atoms with E-state index in [0.717, 1.165) is 5.41 Å². The summed E-state index contributed by atoms with van der Waals surface area (Å²) < 4.78 is 25.2. The van der Waals surface area contributed by atoms with Crippen LogP contribution in [0.2, 0.25) is 0 Å². The molecule has 3 nitrogen and oxygen atoms in total. The second-order valence-corrected chi connectivity index (χ2v) is 3.04. The van der Waals surface area contributed by atoms with Gasteiger partial charge in [0.1, 0.15) is 0 Å². The SMILES string of the molecule is C=CS(=O)(=O)OCCC.[H-].[Na+]. The fraction of sp³-hybridized carbons (Fsp3) is 0.600. The molecule has 0 aliphatic heterocycles. The van der Waals surface area contributed by atoms with Crippen LogP contribution in [0.3, 0.4) is 0 Å². The van der Waals surface area contributed by atoms with Gasteiger partial charge in [0.2, 0.25) is 0 Å². The molecule has 0 aromatic heterocycles. The third kappa shape index (κ3) is 6.77. The molecule has 0 heterocycles. The van der Waals surface area contributed by atoms with Crippen molar-refractivity contribution in [1.82, 2.24) is 0 Å². The Morgan fingerprint density at radius 2 is 2.20 bits per heavy atom. The summed E-state index contributed by atoms with van der Waals surface area (Å²) in [4.78, 5) is 0. The molecule has 10 heavy (non-hydrogen) atoms. The molecule has 0 saturated carbocycles. The fourth-order valence-electron chi connectivity index (χ4n) is 0.248. The van der Waals surface area contributed by atoms with Crippen molar-refractivity contribution < 1.29 is 43.6 Å². The average molecular weight is 174 g/mol. The van der Waals surface area contributed by atoms with Crippen LogP contribution in [-0.2, 0) is 14.3 Å². The normalized spacial score (nSPS) is 10.1. The van der Waals surface area contributed by atoms with Gasteiger partial charge < -0.3 is 1.43 Å². The molecule has 0 aliphatic carbocycles. The number of hydrogen-bond acceptors (Lipinski definition) is 3. The van der Waals surface area contributed by atoms with Crippen molar-refractivity contribution in [2.75, 3.05) is 6.61 Å². The molecule has 0 fully saturated rings. The first kappa shape index (κ1) is 13.3. The fourth-order valence-corrected chi connectivity index (χ4v) is 0.743. The molecule has 0 N–H and O–H groups in total. The maximum atomic E-state index is 10.4. The molecular weight excluding hydrogens is 163 g/mol. The molecule has 5 heteroatoms. The van der Waals surface area contributed by atoms with Gasteiger partial charge in [0, 0.05) is 0 Å². The molecule has 0 spiro atoms. The summed E-state index contributed by atoms with van der Waals surface area (Å²) in [7, 11) is -3.42. The van der Waals surface area contributed by atoms with Gasteiger partial charge in [-0.1, -0.05) is 13.5 Å². The molecular formula is C5H11NaO3S. The molecule has 0 unspecified atom stereocenters. The van der Waals surface area contributed by atoms with E-state index in [9.17, 15) is 8.42 Å². The minimum atomic E-state index is -3.42. The van der Waals surface area contributed by atoms with Gasteiger partial charge >= 0.3 is 29.6 Å². The van der Waals surface area contributed by atoms with Crippen LogP contribution in [0.25, 0.3) is 0 Å². The summed E-state index contributed by atoms with van der Waals surface area (Å²) in [6, 6.07) is 0. The molecule has 0 amide bonds. The van der Waals surface area contributed by atoms with E-state index in [1.54, 1.807) is 0 Å². The number of hydrogen-bond donors (Lipinski definition) is 0. The van der Waals surface area contributed by atoms with Crippen LogP contribution >= 0.6 is 0 Å². The molecule has 0 aliphatic rings. The van der Waals surface area contributed by atoms with Crippen molar-refractivity contribution >= 4 is 10.1 Å². The van der Waals surface area contributed by atoms with E-state index in [4.69, 9.17) is 0 Å². The van der Waals surface area contributed by atoms with Crippen molar-refractivity contribution in [3.05, 3.63) is 12.0 Å². The summed E-state index contributed by atoms with van der Waals surface area (Å²) in [5, 5.41) is 0.794. The second-order valence-electron chi connectivity index (χ2n) is 1.48. The zero-order valence-corrected chi connectivity index (χ0v) is 9.15. The van der Waals surface area contributed by atoms with Gasteiger partial charge in [-0.05, 0) is 6.42 Å². The van der Waals surface area contributed by atoms with Crippen LogP contribution in [0.15, 0.2) is 12.0 Å². The van der Waals surface area contributed by atoms with Gasteiger partial charge in [0.15, 0.2) is 0 Å².